The zero-order chi connectivity index (χ0) is 8.48. The predicted molar refractivity (Wildman–Crippen MR) is 50.4 cm³/mol. The van der Waals surface area contributed by atoms with Crippen LogP contribution in [0.2, 0.25) is 0 Å². The highest BCUT2D eigenvalue weighted by molar-refractivity contribution is 14.1. The second kappa shape index (κ2) is 3.04. The van der Waals surface area contributed by atoms with Crippen molar-refractivity contribution >= 4 is 22.9 Å². The van der Waals surface area contributed by atoms with Gasteiger partial charge in [-0.2, -0.15) is 2.90 Å². The van der Waals surface area contributed by atoms with Crippen LogP contribution in [0.15, 0.2) is 0 Å². The summed E-state index contributed by atoms with van der Waals surface area (Å²) in [4.78, 5) is 0. The van der Waals surface area contributed by atoms with Crippen LogP contribution in [0.4, 0.5) is 0 Å². The standard InChI is InChI=1S/C6H11IN4/c1-6(2,3)4-5-8-9-10-11(5)7/h4H2,1-3H3. The molecule has 0 aliphatic heterocycles. The first kappa shape index (κ1) is 8.89. The van der Waals surface area contributed by atoms with Crippen molar-refractivity contribution in [3.63, 3.8) is 0 Å². The van der Waals surface area contributed by atoms with Gasteiger partial charge in [-0.1, -0.05) is 20.8 Å². The molecule has 0 radical (unpaired) electrons. The summed E-state index contributed by atoms with van der Waals surface area (Å²) in [6.07, 6.45) is 0.906. The van der Waals surface area contributed by atoms with Crippen LogP contribution in [-0.2, 0) is 6.42 Å². The van der Waals surface area contributed by atoms with E-state index in [1.165, 1.54) is 0 Å². The lowest BCUT2D eigenvalue weighted by molar-refractivity contribution is 0.400. The molecule has 0 spiro atoms. The maximum absolute atomic E-state index is 3.90. The van der Waals surface area contributed by atoms with Gasteiger partial charge in [0.1, 0.15) is 0 Å². The van der Waals surface area contributed by atoms with Gasteiger partial charge in [-0.05, 0) is 15.8 Å². The first-order chi connectivity index (χ1) is 4.99. The number of halogens is 1. The van der Waals surface area contributed by atoms with Crippen LogP contribution in [0.1, 0.15) is 26.6 Å². The molecule has 62 valence electrons. The number of aromatic nitrogens is 4. The molecular formula is C6H11IN4. The molecule has 0 aliphatic carbocycles. The molecule has 0 bridgehead atoms. The van der Waals surface area contributed by atoms with Crippen molar-refractivity contribution in [1.82, 2.24) is 18.4 Å². The van der Waals surface area contributed by atoms with E-state index in [9.17, 15) is 0 Å². The zero-order valence-corrected chi connectivity index (χ0v) is 9.03. The fraction of sp³-hybridized carbons (Fsp3) is 0.833. The number of rotatable bonds is 1. The molecule has 5 heteroatoms. The van der Waals surface area contributed by atoms with Gasteiger partial charge in [-0.15, -0.1) is 5.10 Å². The fourth-order valence-corrected chi connectivity index (χ4v) is 1.12. The summed E-state index contributed by atoms with van der Waals surface area (Å²) in [6, 6.07) is 0. The molecule has 1 aromatic rings. The fourth-order valence-electron chi connectivity index (χ4n) is 0.770. The summed E-state index contributed by atoms with van der Waals surface area (Å²) < 4.78 is 1.68. The summed E-state index contributed by atoms with van der Waals surface area (Å²) in [5.41, 5.74) is 0.248. The van der Waals surface area contributed by atoms with Crippen LogP contribution in [0.3, 0.4) is 0 Å². The highest BCUT2D eigenvalue weighted by atomic mass is 127. The molecule has 1 rings (SSSR count). The Bertz CT molecular complexity index is 237. The highest BCUT2D eigenvalue weighted by Gasteiger charge is 2.15. The van der Waals surface area contributed by atoms with Crippen LogP contribution in [-0.4, -0.2) is 18.4 Å². The van der Waals surface area contributed by atoms with E-state index in [1.807, 2.05) is 0 Å². The quantitative estimate of drug-likeness (QED) is 0.723. The van der Waals surface area contributed by atoms with Crippen LogP contribution in [0.25, 0.3) is 0 Å². The van der Waals surface area contributed by atoms with Crippen molar-refractivity contribution in [3.05, 3.63) is 5.82 Å². The van der Waals surface area contributed by atoms with Crippen LogP contribution in [0, 0.1) is 5.41 Å². The number of nitrogens with zero attached hydrogens (tertiary/aromatic N) is 4. The summed E-state index contributed by atoms with van der Waals surface area (Å²) in [7, 11) is 0. The third kappa shape index (κ3) is 2.72. The molecule has 0 atom stereocenters. The molecule has 11 heavy (non-hydrogen) atoms. The third-order valence-corrected chi connectivity index (χ3v) is 1.93. The first-order valence-electron chi connectivity index (χ1n) is 3.42. The first-order valence-corrected chi connectivity index (χ1v) is 4.39. The van der Waals surface area contributed by atoms with Crippen molar-refractivity contribution in [1.29, 1.82) is 0 Å². The SMILES string of the molecule is CC(C)(C)Cc1nnnn1I. The smallest absolute Gasteiger partial charge is 0.162 e. The molecular weight excluding hydrogens is 255 g/mol. The lowest BCUT2D eigenvalue weighted by Gasteiger charge is -2.15. The lowest BCUT2D eigenvalue weighted by atomic mass is 9.92. The molecule has 0 saturated carbocycles. The van der Waals surface area contributed by atoms with Crippen molar-refractivity contribution in [2.24, 2.45) is 5.41 Å². The summed E-state index contributed by atoms with van der Waals surface area (Å²) >= 11 is 2.08. The third-order valence-electron chi connectivity index (χ3n) is 1.18. The average Bonchev–Trinajstić information content (AvgIpc) is 2.12. The van der Waals surface area contributed by atoms with Gasteiger partial charge in [-0.25, -0.2) is 0 Å². The van der Waals surface area contributed by atoms with Crippen molar-refractivity contribution < 1.29 is 0 Å². The summed E-state index contributed by atoms with van der Waals surface area (Å²) in [5.74, 6) is 0.929. The van der Waals surface area contributed by atoms with E-state index in [4.69, 9.17) is 0 Å². The van der Waals surface area contributed by atoms with E-state index < -0.39 is 0 Å². The van der Waals surface area contributed by atoms with E-state index in [2.05, 4.69) is 59.2 Å². The molecule has 0 unspecified atom stereocenters. The molecule has 0 aliphatic rings. The molecule has 1 heterocycles. The van der Waals surface area contributed by atoms with E-state index in [0.717, 1.165) is 12.2 Å². The second-order valence-corrected chi connectivity index (χ2v) is 4.61. The average molecular weight is 266 g/mol. The molecule has 4 nitrogen and oxygen atoms in total. The van der Waals surface area contributed by atoms with Gasteiger partial charge in [0.25, 0.3) is 0 Å². The van der Waals surface area contributed by atoms with Gasteiger partial charge >= 0.3 is 0 Å². The Balaban J connectivity index is 2.72. The van der Waals surface area contributed by atoms with Crippen LogP contribution < -0.4 is 0 Å². The van der Waals surface area contributed by atoms with Crippen molar-refractivity contribution in [3.8, 4) is 0 Å². The predicted octanol–water partition coefficient (Wildman–Crippen LogP) is 1.46. The van der Waals surface area contributed by atoms with Gasteiger partial charge < -0.3 is 0 Å². The van der Waals surface area contributed by atoms with Gasteiger partial charge in [0.2, 0.25) is 0 Å². The second-order valence-electron chi connectivity index (χ2n) is 3.69. The Hall–Kier alpha value is -0.200. The van der Waals surface area contributed by atoms with Crippen molar-refractivity contribution in [2.75, 3.05) is 0 Å². The summed E-state index contributed by atoms with van der Waals surface area (Å²) in [6.45, 7) is 6.50. The molecule has 1 aromatic heterocycles. The normalized spacial score (nSPS) is 12.0. The van der Waals surface area contributed by atoms with Gasteiger partial charge in [0, 0.05) is 6.42 Å². The number of hydrogen-bond acceptors (Lipinski definition) is 3. The zero-order valence-electron chi connectivity index (χ0n) is 6.87. The van der Waals surface area contributed by atoms with E-state index >= 15 is 0 Å². The maximum atomic E-state index is 3.90. The highest BCUT2D eigenvalue weighted by Crippen LogP contribution is 2.18. The van der Waals surface area contributed by atoms with Gasteiger partial charge in [-0.3, -0.25) is 0 Å². The Morgan fingerprint density at radius 3 is 2.45 bits per heavy atom. The van der Waals surface area contributed by atoms with Gasteiger partial charge in [0.15, 0.2) is 5.82 Å². The monoisotopic (exact) mass is 266 g/mol. The van der Waals surface area contributed by atoms with E-state index in [1.54, 1.807) is 2.90 Å². The minimum absolute atomic E-state index is 0.248. The topological polar surface area (TPSA) is 43.6 Å². The van der Waals surface area contributed by atoms with Crippen LogP contribution in [0.5, 0.6) is 0 Å². The maximum Gasteiger partial charge on any atom is 0.162 e. The lowest BCUT2D eigenvalue weighted by Crippen LogP contribution is -2.11. The molecule has 0 N–H and O–H groups in total. The molecule has 0 amide bonds. The minimum atomic E-state index is 0.248. The Kier molecular flexibility index (Phi) is 2.46. The largest absolute Gasteiger partial charge is 0.168 e. The van der Waals surface area contributed by atoms with Crippen molar-refractivity contribution in [2.45, 2.75) is 27.2 Å². The molecule has 0 aromatic carbocycles. The number of tetrazole rings is 1. The van der Waals surface area contributed by atoms with E-state index in [-0.39, 0.29) is 5.41 Å². The Morgan fingerprint density at radius 2 is 2.09 bits per heavy atom. The Morgan fingerprint density at radius 1 is 1.45 bits per heavy atom. The molecule has 0 saturated heterocycles. The van der Waals surface area contributed by atoms with Gasteiger partial charge in [0.05, 0.1) is 22.9 Å². The minimum Gasteiger partial charge on any atom is -0.168 e. The van der Waals surface area contributed by atoms with Crippen LogP contribution >= 0.6 is 22.9 Å². The number of hydrogen-bond donors (Lipinski definition) is 0. The summed E-state index contributed by atoms with van der Waals surface area (Å²) in [5, 5.41) is 11.2. The molecule has 0 fully saturated rings. The van der Waals surface area contributed by atoms with E-state index in [0.29, 0.717) is 0 Å². The Labute approximate surface area is 79.9 Å².